The van der Waals surface area contributed by atoms with E-state index in [9.17, 15) is 5.11 Å². The zero-order valence-corrected chi connectivity index (χ0v) is 12.6. The van der Waals surface area contributed by atoms with Gasteiger partial charge in [0.25, 0.3) is 0 Å². The smallest absolute Gasteiger partial charge is 0.134 e. The van der Waals surface area contributed by atoms with E-state index in [0.717, 1.165) is 48.8 Å². The Balaban J connectivity index is 1.90. The van der Waals surface area contributed by atoms with Crippen LogP contribution in [-0.4, -0.2) is 25.4 Å². The molecule has 0 radical (unpaired) electrons. The number of hydrogen-bond donors (Lipinski definition) is 2. The predicted octanol–water partition coefficient (Wildman–Crippen LogP) is 3.13. The summed E-state index contributed by atoms with van der Waals surface area (Å²) in [6.07, 6.45) is 0.549. The van der Waals surface area contributed by atoms with Crippen LogP contribution in [0, 0.1) is 0 Å². The second-order valence-corrected chi connectivity index (χ2v) is 5.09. The third-order valence-electron chi connectivity index (χ3n) is 3.34. The van der Waals surface area contributed by atoms with Crippen molar-refractivity contribution in [2.24, 2.45) is 0 Å². The van der Waals surface area contributed by atoms with E-state index in [-0.39, 0.29) is 0 Å². The maximum absolute atomic E-state index is 9.51. The number of hydrogen-bond acceptors (Lipinski definition) is 4. The summed E-state index contributed by atoms with van der Waals surface area (Å²) in [6, 6.07) is 11.7. The molecule has 1 aromatic heterocycles. The van der Waals surface area contributed by atoms with Crippen molar-refractivity contribution in [2.45, 2.75) is 26.0 Å². The lowest BCUT2D eigenvalue weighted by Crippen LogP contribution is -2.15. The topological polar surface area (TPSA) is 54.6 Å². The number of aliphatic hydroxyl groups excluding tert-OH is 1. The Labute approximate surface area is 125 Å². The van der Waals surface area contributed by atoms with Crippen molar-refractivity contribution in [2.75, 3.05) is 20.3 Å². The third-order valence-corrected chi connectivity index (χ3v) is 3.34. The SMILES string of the molecule is COCCCNCc1ccc(-c2ccc(C(C)O)cc2)o1. The normalized spacial score (nSPS) is 12.5. The zero-order chi connectivity index (χ0) is 15.1. The van der Waals surface area contributed by atoms with Crippen LogP contribution >= 0.6 is 0 Å². The molecule has 0 bridgehead atoms. The molecule has 114 valence electrons. The standard InChI is InChI=1S/C17H23NO3/c1-13(19)14-4-6-15(7-5-14)17-9-8-16(21-17)12-18-10-3-11-20-2/h4-9,13,18-19H,3,10-12H2,1-2H3. The Morgan fingerprint density at radius 3 is 2.62 bits per heavy atom. The van der Waals surface area contributed by atoms with Crippen LogP contribution in [0.3, 0.4) is 0 Å². The van der Waals surface area contributed by atoms with Gasteiger partial charge in [0, 0.05) is 19.3 Å². The Kier molecular flexibility index (Phi) is 5.99. The van der Waals surface area contributed by atoms with Crippen LogP contribution in [0.1, 0.15) is 30.8 Å². The van der Waals surface area contributed by atoms with E-state index in [1.807, 2.05) is 36.4 Å². The van der Waals surface area contributed by atoms with Gasteiger partial charge in [0.05, 0.1) is 12.6 Å². The van der Waals surface area contributed by atoms with E-state index in [0.29, 0.717) is 0 Å². The predicted molar refractivity (Wildman–Crippen MR) is 83.0 cm³/mol. The van der Waals surface area contributed by atoms with Gasteiger partial charge in [-0.25, -0.2) is 0 Å². The highest BCUT2D eigenvalue weighted by Crippen LogP contribution is 2.24. The first kappa shape index (κ1) is 15.8. The van der Waals surface area contributed by atoms with Gasteiger partial charge in [0.1, 0.15) is 11.5 Å². The summed E-state index contributed by atoms with van der Waals surface area (Å²) in [5.41, 5.74) is 1.93. The van der Waals surface area contributed by atoms with Crippen molar-refractivity contribution < 1.29 is 14.3 Å². The molecule has 1 atom stereocenters. The highest BCUT2D eigenvalue weighted by molar-refractivity contribution is 5.58. The maximum atomic E-state index is 9.51. The largest absolute Gasteiger partial charge is 0.460 e. The minimum absolute atomic E-state index is 0.442. The van der Waals surface area contributed by atoms with Crippen molar-refractivity contribution in [3.05, 3.63) is 47.7 Å². The maximum Gasteiger partial charge on any atom is 0.134 e. The van der Waals surface area contributed by atoms with Crippen LogP contribution < -0.4 is 5.32 Å². The minimum Gasteiger partial charge on any atom is -0.460 e. The Bertz CT molecular complexity index is 531. The van der Waals surface area contributed by atoms with Crippen LogP contribution in [0.15, 0.2) is 40.8 Å². The summed E-state index contributed by atoms with van der Waals surface area (Å²) < 4.78 is 10.8. The van der Waals surface area contributed by atoms with Crippen LogP contribution in [0.4, 0.5) is 0 Å². The molecule has 4 nitrogen and oxygen atoms in total. The molecular weight excluding hydrogens is 266 g/mol. The Morgan fingerprint density at radius 2 is 1.95 bits per heavy atom. The number of furan rings is 1. The van der Waals surface area contributed by atoms with Gasteiger partial charge in [-0.1, -0.05) is 24.3 Å². The summed E-state index contributed by atoms with van der Waals surface area (Å²) in [5.74, 6) is 1.77. The van der Waals surface area contributed by atoms with E-state index in [4.69, 9.17) is 9.15 Å². The first-order valence-corrected chi connectivity index (χ1v) is 7.27. The highest BCUT2D eigenvalue weighted by Gasteiger charge is 2.06. The number of ether oxygens (including phenoxy) is 1. The molecule has 4 heteroatoms. The molecule has 1 aromatic carbocycles. The van der Waals surface area contributed by atoms with E-state index in [1.54, 1.807) is 14.0 Å². The van der Waals surface area contributed by atoms with Crippen molar-refractivity contribution in [1.82, 2.24) is 5.32 Å². The molecule has 0 saturated heterocycles. The van der Waals surface area contributed by atoms with E-state index >= 15 is 0 Å². The van der Waals surface area contributed by atoms with Gasteiger partial charge in [-0.05, 0) is 37.6 Å². The lowest BCUT2D eigenvalue weighted by Gasteiger charge is -2.05. The molecule has 2 rings (SSSR count). The van der Waals surface area contributed by atoms with Crippen LogP contribution in [0.2, 0.25) is 0 Å². The molecule has 1 heterocycles. The average molecular weight is 289 g/mol. The van der Waals surface area contributed by atoms with E-state index < -0.39 is 6.10 Å². The van der Waals surface area contributed by atoms with Gasteiger partial charge in [0.15, 0.2) is 0 Å². The zero-order valence-electron chi connectivity index (χ0n) is 12.6. The quantitative estimate of drug-likeness (QED) is 0.733. The van der Waals surface area contributed by atoms with E-state index in [1.165, 1.54) is 0 Å². The first-order chi connectivity index (χ1) is 10.2. The van der Waals surface area contributed by atoms with Gasteiger partial charge in [0.2, 0.25) is 0 Å². The van der Waals surface area contributed by atoms with Crippen LogP contribution in [0.25, 0.3) is 11.3 Å². The molecule has 1 unspecified atom stereocenters. The van der Waals surface area contributed by atoms with E-state index in [2.05, 4.69) is 5.32 Å². The third kappa shape index (κ3) is 4.70. The second-order valence-electron chi connectivity index (χ2n) is 5.09. The van der Waals surface area contributed by atoms with Gasteiger partial charge < -0.3 is 19.6 Å². The molecule has 0 aliphatic rings. The van der Waals surface area contributed by atoms with Gasteiger partial charge in [-0.15, -0.1) is 0 Å². The molecule has 21 heavy (non-hydrogen) atoms. The monoisotopic (exact) mass is 289 g/mol. The molecule has 2 N–H and O–H groups in total. The molecular formula is C17H23NO3. The molecule has 0 spiro atoms. The number of benzene rings is 1. The molecule has 0 fully saturated rings. The Hall–Kier alpha value is -1.62. The first-order valence-electron chi connectivity index (χ1n) is 7.27. The summed E-state index contributed by atoms with van der Waals surface area (Å²) in [7, 11) is 1.71. The van der Waals surface area contributed by atoms with Crippen LogP contribution in [0.5, 0.6) is 0 Å². The lowest BCUT2D eigenvalue weighted by molar-refractivity contribution is 0.194. The molecule has 0 amide bonds. The summed E-state index contributed by atoms with van der Waals surface area (Å²) in [6.45, 7) is 4.16. The number of methoxy groups -OCH3 is 1. The number of nitrogens with one attached hydrogen (secondary N) is 1. The van der Waals surface area contributed by atoms with Gasteiger partial charge in [-0.2, -0.15) is 0 Å². The summed E-state index contributed by atoms with van der Waals surface area (Å²) in [4.78, 5) is 0. The highest BCUT2D eigenvalue weighted by atomic mass is 16.5. The Morgan fingerprint density at radius 1 is 1.19 bits per heavy atom. The second kappa shape index (κ2) is 7.98. The fourth-order valence-corrected chi connectivity index (χ4v) is 2.11. The molecule has 0 aliphatic carbocycles. The van der Waals surface area contributed by atoms with Crippen molar-refractivity contribution in [1.29, 1.82) is 0 Å². The fourth-order valence-electron chi connectivity index (χ4n) is 2.11. The number of rotatable bonds is 8. The van der Waals surface area contributed by atoms with Crippen molar-refractivity contribution in [3.8, 4) is 11.3 Å². The fraction of sp³-hybridized carbons (Fsp3) is 0.412. The minimum atomic E-state index is -0.442. The molecule has 2 aromatic rings. The summed E-state index contributed by atoms with van der Waals surface area (Å²) in [5, 5.41) is 12.8. The van der Waals surface area contributed by atoms with Crippen LogP contribution in [-0.2, 0) is 11.3 Å². The average Bonchev–Trinajstić information content (AvgIpc) is 2.96. The van der Waals surface area contributed by atoms with Gasteiger partial charge in [-0.3, -0.25) is 0 Å². The molecule has 0 aliphatic heterocycles. The molecule has 0 saturated carbocycles. The lowest BCUT2D eigenvalue weighted by atomic mass is 10.1. The van der Waals surface area contributed by atoms with Crippen molar-refractivity contribution in [3.63, 3.8) is 0 Å². The summed E-state index contributed by atoms with van der Waals surface area (Å²) >= 11 is 0. The van der Waals surface area contributed by atoms with Gasteiger partial charge >= 0.3 is 0 Å². The number of aliphatic hydroxyl groups is 1. The van der Waals surface area contributed by atoms with Crippen molar-refractivity contribution >= 4 is 0 Å².